The Morgan fingerprint density at radius 2 is 1.69 bits per heavy atom. The van der Waals surface area contributed by atoms with E-state index in [0.29, 0.717) is 25.9 Å². The molecule has 2 aliphatic rings. The van der Waals surface area contributed by atoms with Gasteiger partial charge in [-0.05, 0) is 55.9 Å². The fourth-order valence-corrected chi connectivity index (χ4v) is 6.21. The molecular formula is C23H28N2O3S. The van der Waals surface area contributed by atoms with Crippen LogP contribution in [-0.4, -0.2) is 37.8 Å². The first-order valence-corrected chi connectivity index (χ1v) is 11.9. The van der Waals surface area contributed by atoms with Crippen molar-refractivity contribution < 1.29 is 13.2 Å². The Kier molecular flexibility index (Phi) is 5.49. The van der Waals surface area contributed by atoms with E-state index in [1.54, 1.807) is 4.31 Å². The van der Waals surface area contributed by atoms with Crippen LogP contribution >= 0.6 is 0 Å². The molecule has 6 heteroatoms. The maximum absolute atomic E-state index is 13.2. The molecule has 0 aliphatic carbocycles. The summed E-state index contributed by atoms with van der Waals surface area (Å²) < 4.78 is 27.3. The number of piperidine rings is 1. The van der Waals surface area contributed by atoms with Crippen molar-refractivity contribution in [3.63, 3.8) is 0 Å². The van der Waals surface area contributed by atoms with Crippen molar-refractivity contribution >= 4 is 21.6 Å². The molecule has 1 amide bonds. The summed E-state index contributed by atoms with van der Waals surface area (Å²) in [6, 6.07) is 15.8. The molecule has 5 nitrogen and oxygen atoms in total. The standard InChI is InChI=1S/C23H28N2O3S/c1-17-7-3-4-9-21(17)16-29(27,28)24-13-11-19(12-14-24)23(26)25-18(2)15-20-8-5-6-10-22(20)25/h3-10,18-19H,11-16H2,1-2H3. The van der Waals surface area contributed by atoms with Crippen LogP contribution < -0.4 is 4.90 Å². The largest absolute Gasteiger partial charge is 0.309 e. The minimum absolute atomic E-state index is 0.0226. The topological polar surface area (TPSA) is 57.7 Å². The Balaban J connectivity index is 1.42. The number of rotatable bonds is 4. The van der Waals surface area contributed by atoms with E-state index in [4.69, 9.17) is 0 Å². The van der Waals surface area contributed by atoms with E-state index in [0.717, 1.165) is 23.2 Å². The van der Waals surface area contributed by atoms with E-state index in [1.807, 2.05) is 54.3 Å². The van der Waals surface area contributed by atoms with Crippen LogP contribution in [0.3, 0.4) is 0 Å². The van der Waals surface area contributed by atoms with Crippen LogP contribution in [0.2, 0.25) is 0 Å². The van der Waals surface area contributed by atoms with Crippen LogP contribution in [-0.2, 0) is 27.0 Å². The molecule has 0 aromatic heterocycles. The average molecular weight is 413 g/mol. The minimum atomic E-state index is -3.38. The van der Waals surface area contributed by atoms with Crippen molar-refractivity contribution in [2.24, 2.45) is 5.92 Å². The van der Waals surface area contributed by atoms with Crippen molar-refractivity contribution in [1.82, 2.24) is 4.31 Å². The van der Waals surface area contributed by atoms with Gasteiger partial charge in [0.05, 0.1) is 5.75 Å². The summed E-state index contributed by atoms with van der Waals surface area (Å²) in [4.78, 5) is 15.2. The van der Waals surface area contributed by atoms with Crippen molar-refractivity contribution in [3.05, 3.63) is 65.2 Å². The fraction of sp³-hybridized carbons (Fsp3) is 0.435. The van der Waals surface area contributed by atoms with Crippen LogP contribution in [0.1, 0.15) is 36.5 Å². The van der Waals surface area contributed by atoms with Gasteiger partial charge in [0.15, 0.2) is 0 Å². The Labute approximate surface area is 173 Å². The first-order chi connectivity index (χ1) is 13.9. The number of nitrogens with zero attached hydrogens (tertiary/aromatic N) is 2. The number of fused-ring (bicyclic) bond motifs is 1. The van der Waals surface area contributed by atoms with Crippen LogP contribution in [0.4, 0.5) is 5.69 Å². The molecule has 1 saturated heterocycles. The molecule has 0 radical (unpaired) electrons. The Morgan fingerprint density at radius 1 is 1.03 bits per heavy atom. The molecule has 0 spiro atoms. The van der Waals surface area contributed by atoms with Gasteiger partial charge in [-0.1, -0.05) is 42.5 Å². The van der Waals surface area contributed by atoms with Crippen molar-refractivity contribution in [3.8, 4) is 0 Å². The lowest BCUT2D eigenvalue weighted by molar-refractivity contribution is -0.123. The molecule has 2 aliphatic heterocycles. The van der Waals surface area contributed by atoms with Gasteiger partial charge in [0.25, 0.3) is 0 Å². The maximum atomic E-state index is 13.2. The van der Waals surface area contributed by atoms with E-state index < -0.39 is 10.0 Å². The highest BCUT2D eigenvalue weighted by Gasteiger charge is 2.37. The SMILES string of the molecule is Cc1ccccc1CS(=O)(=O)N1CCC(C(=O)N2c3ccccc3CC2C)CC1. The van der Waals surface area contributed by atoms with Crippen molar-refractivity contribution in [1.29, 1.82) is 0 Å². The monoisotopic (exact) mass is 412 g/mol. The van der Waals surface area contributed by atoms with E-state index in [2.05, 4.69) is 13.0 Å². The highest BCUT2D eigenvalue weighted by atomic mass is 32.2. The van der Waals surface area contributed by atoms with Gasteiger partial charge in [-0.15, -0.1) is 0 Å². The van der Waals surface area contributed by atoms with Crippen molar-refractivity contribution in [2.45, 2.75) is 44.9 Å². The van der Waals surface area contributed by atoms with Crippen molar-refractivity contribution in [2.75, 3.05) is 18.0 Å². The molecule has 1 fully saturated rings. The van der Waals surface area contributed by atoms with Gasteiger partial charge >= 0.3 is 0 Å². The molecule has 29 heavy (non-hydrogen) atoms. The van der Waals surface area contributed by atoms with Gasteiger partial charge < -0.3 is 4.90 Å². The predicted molar refractivity (Wildman–Crippen MR) is 115 cm³/mol. The number of hydrogen-bond acceptors (Lipinski definition) is 3. The van der Waals surface area contributed by atoms with E-state index in [-0.39, 0.29) is 23.6 Å². The number of carbonyl (C=O) groups excluding carboxylic acids is 1. The number of para-hydroxylation sites is 1. The first-order valence-electron chi connectivity index (χ1n) is 10.3. The zero-order valence-corrected chi connectivity index (χ0v) is 17.9. The molecule has 154 valence electrons. The Bertz CT molecular complexity index is 1010. The average Bonchev–Trinajstić information content (AvgIpc) is 3.05. The second kappa shape index (κ2) is 7.92. The van der Waals surface area contributed by atoms with Gasteiger partial charge in [0, 0.05) is 30.7 Å². The number of amides is 1. The molecule has 0 N–H and O–H groups in total. The fourth-order valence-electron chi connectivity index (χ4n) is 4.54. The summed E-state index contributed by atoms with van der Waals surface area (Å²) in [7, 11) is -3.38. The quantitative estimate of drug-likeness (QED) is 0.772. The lowest BCUT2D eigenvalue weighted by Crippen LogP contribution is -2.46. The second-order valence-corrected chi connectivity index (χ2v) is 10.2. The molecule has 2 heterocycles. The molecule has 1 atom stereocenters. The van der Waals surface area contributed by atoms with Crippen LogP contribution in [0.5, 0.6) is 0 Å². The number of aryl methyl sites for hydroxylation is 1. The molecule has 2 aromatic rings. The zero-order valence-electron chi connectivity index (χ0n) is 17.0. The van der Waals surface area contributed by atoms with Crippen LogP contribution in [0.25, 0.3) is 0 Å². The summed E-state index contributed by atoms with van der Waals surface area (Å²) in [5, 5.41) is 0. The third-order valence-corrected chi connectivity index (χ3v) is 8.07. The summed E-state index contributed by atoms with van der Waals surface area (Å²) in [5.41, 5.74) is 4.06. The summed E-state index contributed by atoms with van der Waals surface area (Å²) >= 11 is 0. The second-order valence-electron chi connectivity index (χ2n) is 8.25. The first kappa shape index (κ1) is 20.1. The molecule has 0 saturated carbocycles. The Morgan fingerprint density at radius 3 is 2.41 bits per heavy atom. The maximum Gasteiger partial charge on any atom is 0.230 e. The summed E-state index contributed by atoms with van der Waals surface area (Å²) in [5.74, 6) is 0.0429. The lowest BCUT2D eigenvalue weighted by Gasteiger charge is -2.34. The van der Waals surface area contributed by atoms with Gasteiger partial charge in [-0.3, -0.25) is 4.79 Å². The van der Waals surface area contributed by atoms with E-state index in [1.165, 1.54) is 5.56 Å². The van der Waals surface area contributed by atoms with Gasteiger partial charge in [0.2, 0.25) is 15.9 Å². The predicted octanol–water partition coefficient (Wildman–Crippen LogP) is 3.51. The third-order valence-electron chi connectivity index (χ3n) is 6.24. The zero-order chi connectivity index (χ0) is 20.6. The van der Waals surface area contributed by atoms with Gasteiger partial charge in [-0.2, -0.15) is 0 Å². The summed E-state index contributed by atoms with van der Waals surface area (Å²) in [6.07, 6.45) is 2.04. The molecule has 0 bridgehead atoms. The van der Waals surface area contributed by atoms with Gasteiger partial charge in [-0.25, -0.2) is 12.7 Å². The van der Waals surface area contributed by atoms with E-state index in [9.17, 15) is 13.2 Å². The van der Waals surface area contributed by atoms with Gasteiger partial charge in [0.1, 0.15) is 0 Å². The van der Waals surface area contributed by atoms with E-state index >= 15 is 0 Å². The highest BCUT2D eigenvalue weighted by Crippen LogP contribution is 2.35. The normalized spacial score (nSPS) is 20.6. The smallest absolute Gasteiger partial charge is 0.230 e. The number of anilines is 1. The molecule has 4 rings (SSSR count). The number of carbonyl (C=O) groups is 1. The summed E-state index contributed by atoms with van der Waals surface area (Å²) in [6.45, 7) is 4.84. The van der Waals surface area contributed by atoms with Crippen LogP contribution in [0.15, 0.2) is 48.5 Å². The molecule has 2 aromatic carbocycles. The number of hydrogen-bond donors (Lipinski definition) is 0. The van der Waals surface area contributed by atoms with Crippen LogP contribution in [0, 0.1) is 12.8 Å². The number of sulfonamides is 1. The number of benzene rings is 2. The Hall–Kier alpha value is -2.18. The third kappa shape index (κ3) is 3.96. The minimum Gasteiger partial charge on any atom is -0.309 e. The lowest BCUT2D eigenvalue weighted by atomic mass is 9.96. The molecule has 1 unspecified atom stereocenters. The highest BCUT2D eigenvalue weighted by molar-refractivity contribution is 7.88. The molecular weight excluding hydrogens is 384 g/mol.